The molecule has 5 heteroatoms. The number of fused-ring (bicyclic) bond motifs is 1. The summed E-state index contributed by atoms with van der Waals surface area (Å²) in [6.45, 7) is 0. The number of aromatic nitrogens is 1. The SMILES string of the molecule is NNC(c1cc(Cl)ccc1Br)c1cccc2ncccc12. The van der Waals surface area contributed by atoms with E-state index < -0.39 is 0 Å². The number of hydrogen-bond donors (Lipinski definition) is 2. The van der Waals surface area contributed by atoms with Crippen molar-refractivity contribution in [3.63, 3.8) is 0 Å². The first kappa shape index (κ1) is 14.5. The van der Waals surface area contributed by atoms with Crippen LogP contribution in [0, 0.1) is 0 Å². The van der Waals surface area contributed by atoms with Gasteiger partial charge in [0.1, 0.15) is 0 Å². The first-order valence-corrected chi connectivity index (χ1v) is 7.62. The second kappa shape index (κ2) is 6.12. The number of pyridine rings is 1. The Morgan fingerprint density at radius 1 is 1.10 bits per heavy atom. The van der Waals surface area contributed by atoms with Crippen molar-refractivity contribution in [1.82, 2.24) is 10.4 Å². The Bertz CT molecular complexity index is 786. The molecule has 0 radical (unpaired) electrons. The predicted octanol–water partition coefficient (Wildman–Crippen LogP) is 4.20. The maximum atomic E-state index is 6.12. The summed E-state index contributed by atoms with van der Waals surface area (Å²) < 4.78 is 0.954. The van der Waals surface area contributed by atoms with Crippen LogP contribution in [0.1, 0.15) is 17.2 Å². The minimum Gasteiger partial charge on any atom is -0.271 e. The molecule has 1 atom stereocenters. The molecular weight excluding hydrogens is 350 g/mol. The second-order valence-corrected chi connectivity index (χ2v) is 5.97. The highest BCUT2D eigenvalue weighted by Gasteiger charge is 2.18. The number of hydrogen-bond acceptors (Lipinski definition) is 3. The van der Waals surface area contributed by atoms with E-state index in [0.29, 0.717) is 5.02 Å². The fraction of sp³-hybridized carbons (Fsp3) is 0.0625. The highest BCUT2D eigenvalue weighted by molar-refractivity contribution is 9.10. The van der Waals surface area contributed by atoms with Gasteiger partial charge in [0, 0.05) is 21.1 Å². The van der Waals surface area contributed by atoms with Crippen molar-refractivity contribution in [2.24, 2.45) is 5.84 Å². The van der Waals surface area contributed by atoms with E-state index in [0.717, 1.165) is 26.5 Å². The molecule has 0 saturated carbocycles. The van der Waals surface area contributed by atoms with Gasteiger partial charge >= 0.3 is 0 Å². The van der Waals surface area contributed by atoms with Crippen molar-refractivity contribution in [2.75, 3.05) is 0 Å². The van der Waals surface area contributed by atoms with E-state index in [9.17, 15) is 0 Å². The molecule has 1 unspecified atom stereocenters. The summed E-state index contributed by atoms with van der Waals surface area (Å²) in [5, 5.41) is 1.74. The van der Waals surface area contributed by atoms with Crippen LogP contribution in [0.4, 0.5) is 0 Å². The van der Waals surface area contributed by atoms with Crippen molar-refractivity contribution < 1.29 is 0 Å². The molecule has 0 saturated heterocycles. The minimum absolute atomic E-state index is 0.175. The molecule has 3 nitrogen and oxygen atoms in total. The number of nitrogens with two attached hydrogens (primary N) is 1. The molecule has 0 aliphatic heterocycles. The van der Waals surface area contributed by atoms with Crippen molar-refractivity contribution in [1.29, 1.82) is 0 Å². The molecule has 3 aromatic rings. The molecular formula is C16H13BrClN3. The van der Waals surface area contributed by atoms with Crippen molar-refractivity contribution in [3.8, 4) is 0 Å². The van der Waals surface area contributed by atoms with Gasteiger partial charge in [-0.3, -0.25) is 10.8 Å². The van der Waals surface area contributed by atoms with Crippen LogP contribution in [0.3, 0.4) is 0 Å². The first-order chi connectivity index (χ1) is 10.2. The highest BCUT2D eigenvalue weighted by atomic mass is 79.9. The topological polar surface area (TPSA) is 50.9 Å². The Morgan fingerprint density at radius 2 is 1.95 bits per heavy atom. The maximum absolute atomic E-state index is 6.12. The first-order valence-electron chi connectivity index (χ1n) is 6.45. The monoisotopic (exact) mass is 361 g/mol. The van der Waals surface area contributed by atoms with Gasteiger partial charge in [-0.25, -0.2) is 5.43 Å². The molecule has 0 fully saturated rings. The van der Waals surface area contributed by atoms with E-state index >= 15 is 0 Å². The van der Waals surface area contributed by atoms with Crippen LogP contribution < -0.4 is 11.3 Å². The number of nitrogens with zero attached hydrogens (tertiary/aromatic N) is 1. The van der Waals surface area contributed by atoms with Crippen molar-refractivity contribution in [3.05, 3.63) is 75.4 Å². The lowest BCUT2D eigenvalue weighted by Gasteiger charge is -2.20. The average molecular weight is 363 g/mol. The van der Waals surface area contributed by atoms with E-state index in [-0.39, 0.29) is 6.04 Å². The summed E-state index contributed by atoms with van der Waals surface area (Å²) in [5.41, 5.74) is 5.87. The van der Waals surface area contributed by atoms with Crippen molar-refractivity contribution >= 4 is 38.4 Å². The lowest BCUT2D eigenvalue weighted by Crippen LogP contribution is -2.29. The third-order valence-electron chi connectivity index (χ3n) is 3.43. The molecule has 3 N–H and O–H groups in total. The Morgan fingerprint density at radius 3 is 2.76 bits per heavy atom. The van der Waals surface area contributed by atoms with Crippen LogP contribution in [0.25, 0.3) is 10.9 Å². The lowest BCUT2D eigenvalue weighted by molar-refractivity contribution is 0.638. The quantitative estimate of drug-likeness (QED) is 0.542. The Balaban J connectivity index is 2.21. The van der Waals surface area contributed by atoms with Gasteiger partial charge in [0.2, 0.25) is 0 Å². The number of rotatable bonds is 3. The van der Waals surface area contributed by atoms with Crippen LogP contribution in [-0.4, -0.2) is 4.98 Å². The van der Waals surface area contributed by atoms with E-state index in [2.05, 4.69) is 26.3 Å². The molecule has 21 heavy (non-hydrogen) atoms. The molecule has 106 valence electrons. The summed E-state index contributed by atoms with van der Waals surface area (Å²) in [4.78, 5) is 4.39. The van der Waals surface area contributed by atoms with Crippen LogP contribution in [-0.2, 0) is 0 Å². The van der Waals surface area contributed by atoms with Gasteiger partial charge in [-0.2, -0.15) is 0 Å². The molecule has 1 aromatic heterocycles. The lowest BCUT2D eigenvalue weighted by atomic mass is 9.96. The average Bonchev–Trinajstić information content (AvgIpc) is 2.51. The smallest absolute Gasteiger partial charge is 0.0728 e. The summed E-state index contributed by atoms with van der Waals surface area (Å²) in [5.74, 6) is 5.81. The van der Waals surface area contributed by atoms with E-state index in [4.69, 9.17) is 17.4 Å². The summed E-state index contributed by atoms with van der Waals surface area (Å²) in [6, 6.07) is 15.5. The van der Waals surface area contributed by atoms with Gasteiger partial charge < -0.3 is 0 Å². The van der Waals surface area contributed by atoms with Gasteiger partial charge in [-0.1, -0.05) is 45.7 Å². The highest BCUT2D eigenvalue weighted by Crippen LogP contribution is 2.33. The fourth-order valence-corrected chi connectivity index (χ4v) is 3.12. The summed E-state index contributed by atoms with van der Waals surface area (Å²) >= 11 is 9.69. The number of benzene rings is 2. The normalized spacial score (nSPS) is 12.5. The van der Waals surface area contributed by atoms with Crippen LogP contribution >= 0.6 is 27.5 Å². The number of halogens is 2. The fourth-order valence-electron chi connectivity index (χ4n) is 2.46. The van der Waals surface area contributed by atoms with Gasteiger partial charge in [-0.15, -0.1) is 0 Å². The van der Waals surface area contributed by atoms with Gasteiger partial charge in [-0.05, 0) is 41.5 Å². The van der Waals surface area contributed by atoms with Crippen LogP contribution in [0.5, 0.6) is 0 Å². The number of hydrazine groups is 1. The van der Waals surface area contributed by atoms with Gasteiger partial charge in [0.05, 0.1) is 11.6 Å². The molecule has 0 aliphatic carbocycles. The largest absolute Gasteiger partial charge is 0.271 e. The maximum Gasteiger partial charge on any atom is 0.0728 e. The van der Waals surface area contributed by atoms with Crippen molar-refractivity contribution in [2.45, 2.75) is 6.04 Å². The molecule has 0 amide bonds. The van der Waals surface area contributed by atoms with E-state index in [1.165, 1.54) is 0 Å². The zero-order valence-corrected chi connectivity index (χ0v) is 13.4. The van der Waals surface area contributed by atoms with E-state index in [1.54, 1.807) is 6.20 Å². The third-order valence-corrected chi connectivity index (χ3v) is 4.38. The van der Waals surface area contributed by atoms with Gasteiger partial charge in [0.25, 0.3) is 0 Å². The summed E-state index contributed by atoms with van der Waals surface area (Å²) in [7, 11) is 0. The van der Waals surface area contributed by atoms with Crippen LogP contribution in [0.15, 0.2) is 59.2 Å². The molecule has 3 rings (SSSR count). The zero-order valence-electron chi connectivity index (χ0n) is 11.1. The zero-order chi connectivity index (χ0) is 14.8. The summed E-state index contributed by atoms with van der Waals surface area (Å²) in [6.07, 6.45) is 1.78. The predicted molar refractivity (Wildman–Crippen MR) is 90.1 cm³/mol. The Kier molecular flexibility index (Phi) is 4.22. The van der Waals surface area contributed by atoms with E-state index in [1.807, 2.05) is 48.5 Å². The third kappa shape index (κ3) is 2.80. The second-order valence-electron chi connectivity index (χ2n) is 4.68. The number of nitrogens with one attached hydrogen (secondary N) is 1. The molecule has 0 bridgehead atoms. The molecule has 0 aliphatic rings. The Labute approximate surface area is 136 Å². The molecule has 1 heterocycles. The standard InChI is InChI=1S/C16H13BrClN3/c17-14-7-6-10(18)9-13(14)16(21-19)12-3-1-5-15-11(12)4-2-8-20-15/h1-9,16,21H,19H2. The van der Waals surface area contributed by atoms with Gasteiger partial charge in [0.15, 0.2) is 0 Å². The molecule has 0 spiro atoms. The molecule has 2 aromatic carbocycles. The van der Waals surface area contributed by atoms with Crippen LogP contribution in [0.2, 0.25) is 5.02 Å². The Hall–Kier alpha value is -1.46. The minimum atomic E-state index is -0.175.